The van der Waals surface area contributed by atoms with Crippen LogP contribution in [-0.4, -0.2) is 36.8 Å². The molecule has 8 heteroatoms. The number of ether oxygens (including phenoxy) is 2. The lowest BCUT2D eigenvalue weighted by atomic mass is 9.81. The Morgan fingerprint density at radius 3 is 2.28 bits per heavy atom. The highest BCUT2D eigenvalue weighted by Gasteiger charge is 2.61. The molecule has 8 nitrogen and oxygen atoms in total. The van der Waals surface area contributed by atoms with Gasteiger partial charge in [-0.1, -0.05) is 6.07 Å². The molecule has 0 aromatic heterocycles. The molecule has 186 valence electrons. The molecule has 0 unspecified atom stereocenters. The first-order valence-electron chi connectivity index (χ1n) is 12.7. The number of hydrogen-bond donors (Lipinski definition) is 0. The summed E-state index contributed by atoms with van der Waals surface area (Å²) in [5.74, 6) is -0.367. The van der Waals surface area contributed by atoms with E-state index in [1.54, 1.807) is 53.4 Å². The monoisotopic (exact) mass is 488 g/mol. The summed E-state index contributed by atoms with van der Waals surface area (Å²) in [4.78, 5) is 54.7. The predicted molar refractivity (Wildman–Crippen MR) is 130 cm³/mol. The molecule has 5 atom stereocenters. The number of hydrogen-bond acceptors (Lipinski definition) is 6. The van der Waals surface area contributed by atoms with Gasteiger partial charge < -0.3 is 14.4 Å². The molecule has 2 aromatic carbocycles. The molecule has 4 aliphatic rings. The molecule has 0 radical (unpaired) electrons. The molecule has 0 spiro atoms. The van der Waals surface area contributed by atoms with E-state index >= 15 is 0 Å². The number of rotatable bonds is 6. The van der Waals surface area contributed by atoms with Crippen molar-refractivity contribution in [2.24, 2.45) is 29.6 Å². The highest BCUT2D eigenvalue weighted by molar-refractivity contribution is 6.22. The van der Waals surface area contributed by atoms with Crippen molar-refractivity contribution >= 4 is 35.1 Å². The first-order chi connectivity index (χ1) is 17.4. The van der Waals surface area contributed by atoms with Gasteiger partial charge in [-0.3, -0.25) is 19.2 Å². The molecule has 36 heavy (non-hydrogen) atoms. The third kappa shape index (κ3) is 3.67. The van der Waals surface area contributed by atoms with Crippen LogP contribution in [0.4, 0.5) is 11.4 Å². The van der Waals surface area contributed by atoms with E-state index in [0.29, 0.717) is 29.8 Å². The number of esters is 1. The van der Waals surface area contributed by atoms with Gasteiger partial charge in [0.1, 0.15) is 11.5 Å². The topological polar surface area (TPSA) is 93.2 Å². The highest BCUT2D eigenvalue weighted by atomic mass is 16.5. The number of carbonyl (C=O) groups is 4. The van der Waals surface area contributed by atoms with Gasteiger partial charge in [-0.25, -0.2) is 4.90 Å². The molecule has 3 amide bonds. The maximum atomic E-state index is 13.1. The molecule has 2 aliphatic heterocycles. The lowest BCUT2D eigenvalue weighted by Gasteiger charge is -2.19. The number of amides is 3. The zero-order valence-electron chi connectivity index (χ0n) is 20.1. The van der Waals surface area contributed by atoms with Crippen LogP contribution in [0, 0.1) is 29.6 Å². The van der Waals surface area contributed by atoms with Gasteiger partial charge in [0.25, 0.3) is 0 Å². The van der Waals surface area contributed by atoms with E-state index in [2.05, 4.69) is 0 Å². The summed E-state index contributed by atoms with van der Waals surface area (Å²) in [7, 11) is 0. The number of benzene rings is 2. The van der Waals surface area contributed by atoms with Gasteiger partial charge >= 0.3 is 5.97 Å². The first-order valence-corrected chi connectivity index (χ1v) is 12.7. The molecule has 6 rings (SSSR count). The summed E-state index contributed by atoms with van der Waals surface area (Å²) in [6.45, 7) is 2.68. The molecule has 4 fully saturated rings. The second-order valence-corrected chi connectivity index (χ2v) is 10.1. The molecule has 2 aromatic rings. The van der Waals surface area contributed by atoms with Crippen LogP contribution in [0.5, 0.6) is 11.5 Å². The van der Waals surface area contributed by atoms with E-state index in [1.807, 2.05) is 6.92 Å². The van der Waals surface area contributed by atoms with Gasteiger partial charge in [0, 0.05) is 24.7 Å². The quantitative estimate of drug-likeness (QED) is 0.351. The number of imide groups is 1. The summed E-state index contributed by atoms with van der Waals surface area (Å²) in [6.07, 6.45) is 3.07. The maximum absolute atomic E-state index is 13.1. The molecular weight excluding hydrogens is 460 g/mol. The Kier molecular flexibility index (Phi) is 5.54. The van der Waals surface area contributed by atoms with Crippen molar-refractivity contribution in [2.45, 2.75) is 32.6 Å². The molecule has 2 bridgehead atoms. The van der Waals surface area contributed by atoms with Crippen LogP contribution < -0.4 is 19.3 Å². The van der Waals surface area contributed by atoms with Crippen molar-refractivity contribution in [2.75, 3.05) is 23.0 Å². The fraction of sp³-hybridized carbons (Fsp3) is 0.429. The van der Waals surface area contributed by atoms with Crippen molar-refractivity contribution in [3.8, 4) is 11.5 Å². The van der Waals surface area contributed by atoms with Gasteiger partial charge in [0.15, 0.2) is 0 Å². The van der Waals surface area contributed by atoms with Gasteiger partial charge in [0.05, 0.1) is 30.0 Å². The molecule has 2 saturated carbocycles. The van der Waals surface area contributed by atoms with Gasteiger partial charge in [-0.05, 0) is 74.4 Å². The van der Waals surface area contributed by atoms with Crippen LogP contribution >= 0.6 is 0 Å². The van der Waals surface area contributed by atoms with Crippen molar-refractivity contribution in [3.05, 3.63) is 48.5 Å². The van der Waals surface area contributed by atoms with E-state index in [-0.39, 0.29) is 48.3 Å². The number of anilines is 2. The van der Waals surface area contributed by atoms with Crippen LogP contribution in [0.15, 0.2) is 48.5 Å². The normalized spacial score (nSPS) is 28.7. The van der Waals surface area contributed by atoms with Gasteiger partial charge in [-0.2, -0.15) is 0 Å². The largest absolute Gasteiger partial charge is 0.494 e. The van der Waals surface area contributed by atoms with Gasteiger partial charge in [-0.15, -0.1) is 0 Å². The molecule has 0 N–H and O–H groups in total. The number of nitrogens with zero attached hydrogens (tertiary/aromatic N) is 2. The SMILES string of the molecule is CCOc1ccc(N2C[C@H](C(=O)Oc3cccc(N4C(=O)[C@@H]5[C@H]6CC[C@@H](C6)[C@@H]5C4=O)c3)CC2=O)cc1. The second kappa shape index (κ2) is 8.76. The molecular formula is C28H28N2O6. The summed E-state index contributed by atoms with van der Waals surface area (Å²) < 4.78 is 11.1. The number of carbonyl (C=O) groups excluding carboxylic acids is 4. The average molecular weight is 489 g/mol. The Labute approximate surface area is 209 Å². The minimum Gasteiger partial charge on any atom is -0.494 e. The summed E-state index contributed by atoms with van der Waals surface area (Å²) in [5, 5.41) is 0. The fourth-order valence-corrected chi connectivity index (χ4v) is 6.55. The van der Waals surface area contributed by atoms with Crippen LogP contribution in [-0.2, 0) is 19.2 Å². The lowest BCUT2D eigenvalue weighted by molar-refractivity contribution is -0.139. The Balaban J connectivity index is 1.14. The highest BCUT2D eigenvalue weighted by Crippen LogP contribution is 2.56. The maximum Gasteiger partial charge on any atom is 0.316 e. The summed E-state index contributed by atoms with van der Waals surface area (Å²) >= 11 is 0. The average Bonchev–Trinajstić information content (AvgIpc) is 3.63. The third-order valence-corrected chi connectivity index (χ3v) is 8.14. The van der Waals surface area contributed by atoms with E-state index in [4.69, 9.17) is 9.47 Å². The van der Waals surface area contributed by atoms with Crippen molar-refractivity contribution in [3.63, 3.8) is 0 Å². The Morgan fingerprint density at radius 1 is 0.917 bits per heavy atom. The zero-order chi connectivity index (χ0) is 25.0. The summed E-state index contributed by atoms with van der Waals surface area (Å²) in [6, 6.07) is 13.7. The van der Waals surface area contributed by atoms with E-state index in [0.717, 1.165) is 25.0 Å². The fourth-order valence-electron chi connectivity index (χ4n) is 6.55. The second-order valence-electron chi connectivity index (χ2n) is 10.1. The molecule has 2 heterocycles. The van der Waals surface area contributed by atoms with Crippen molar-refractivity contribution in [1.29, 1.82) is 0 Å². The van der Waals surface area contributed by atoms with Crippen LogP contribution in [0.25, 0.3) is 0 Å². The zero-order valence-corrected chi connectivity index (χ0v) is 20.1. The third-order valence-electron chi connectivity index (χ3n) is 8.14. The van der Waals surface area contributed by atoms with Crippen molar-refractivity contribution in [1.82, 2.24) is 0 Å². The smallest absolute Gasteiger partial charge is 0.316 e. The number of fused-ring (bicyclic) bond motifs is 5. The van der Waals surface area contributed by atoms with E-state index in [9.17, 15) is 19.2 Å². The molecule has 2 aliphatic carbocycles. The minimum absolute atomic E-state index is 0.0565. The van der Waals surface area contributed by atoms with E-state index < -0.39 is 11.9 Å². The minimum atomic E-state index is -0.613. The van der Waals surface area contributed by atoms with Crippen LogP contribution in [0.1, 0.15) is 32.6 Å². The van der Waals surface area contributed by atoms with Crippen LogP contribution in [0.3, 0.4) is 0 Å². The Morgan fingerprint density at radius 2 is 1.61 bits per heavy atom. The molecule has 2 saturated heterocycles. The van der Waals surface area contributed by atoms with Gasteiger partial charge in [0.2, 0.25) is 17.7 Å². The Hall–Kier alpha value is -3.68. The summed E-state index contributed by atoms with van der Waals surface area (Å²) in [5.41, 5.74) is 1.13. The standard InChI is InChI=1S/C28H28N2O6/c1-2-35-21-10-8-19(9-11-21)29-15-18(13-23(29)31)28(34)36-22-5-3-4-20(14-22)30-26(32)24-16-6-7-17(12-16)25(24)27(30)33/h3-5,8-11,14,16-18,24-25H,2,6-7,12-13,15H2,1H3/t16-,17-,18+,24-,25+/m0/s1. The predicted octanol–water partition coefficient (Wildman–Crippen LogP) is 3.58. The van der Waals surface area contributed by atoms with E-state index in [1.165, 1.54) is 4.90 Å². The first kappa shape index (κ1) is 22.8. The Bertz CT molecular complexity index is 1210. The lowest BCUT2D eigenvalue weighted by Crippen LogP contribution is -2.32. The van der Waals surface area contributed by atoms with Crippen LogP contribution in [0.2, 0.25) is 0 Å². The van der Waals surface area contributed by atoms with Crippen molar-refractivity contribution < 1.29 is 28.7 Å².